The quantitative estimate of drug-likeness (QED) is 0.652. The molecule has 0 aromatic heterocycles. The molecule has 2 N–H and O–H groups in total. The van der Waals surface area contributed by atoms with Crippen molar-refractivity contribution in [2.24, 2.45) is 0 Å². The van der Waals surface area contributed by atoms with Crippen LogP contribution in [-0.2, 0) is 9.59 Å². The van der Waals surface area contributed by atoms with Gasteiger partial charge in [0.15, 0.2) is 0 Å². The van der Waals surface area contributed by atoms with Crippen LogP contribution < -0.4 is 5.32 Å². The van der Waals surface area contributed by atoms with Crippen molar-refractivity contribution >= 4 is 11.9 Å². The standard InChI is InChI=1S/C6H9F2NO3/c1-3(10)9-4(6(11)12)2-5(7)8/h4-5H,2H2,1H3,(H,9,10)(H,11,12). The van der Waals surface area contributed by atoms with E-state index in [1.807, 2.05) is 5.32 Å². The molecule has 70 valence electrons. The van der Waals surface area contributed by atoms with Crippen molar-refractivity contribution in [3.8, 4) is 0 Å². The van der Waals surface area contributed by atoms with Gasteiger partial charge in [0.2, 0.25) is 12.3 Å². The van der Waals surface area contributed by atoms with Crippen molar-refractivity contribution in [3.05, 3.63) is 0 Å². The number of rotatable bonds is 4. The summed E-state index contributed by atoms with van der Waals surface area (Å²) in [6.45, 7) is 1.07. The molecular weight excluding hydrogens is 172 g/mol. The van der Waals surface area contributed by atoms with Crippen LogP contribution in [0.1, 0.15) is 13.3 Å². The molecular formula is C6H9F2NO3. The van der Waals surface area contributed by atoms with Gasteiger partial charge in [0.1, 0.15) is 6.04 Å². The van der Waals surface area contributed by atoms with Crippen LogP contribution in [0.4, 0.5) is 8.78 Å². The van der Waals surface area contributed by atoms with Gasteiger partial charge in [0.05, 0.1) is 0 Å². The summed E-state index contributed by atoms with van der Waals surface area (Å²) in [5.74, 6) is -2.09. The number of carboxylic acids is 1. The fourth-order valence-corrected chi connectivity index (χ4v) is 0.645. The fraction of sp³-hybridized carbons (Fsp3) is 0.667. The van der Waals surface area contributed by atoms with Gasteiger partial charge in [0.25, 0.3) is 0 Å². The van der Waals surface area contributed by atoms with Crippen LogP contribution in [0, 0.1) is 0 Å². The number of aliphatic carboxylic acids is 1. The molecule has 1 amide bonds. The first-order valence-electron chi connectivity index (χ1n) is 3.21. The van der Waals surface area contributed by atoms with Crippen molar-refractivity contribution in [1.82, 2.24) is 5.32 Å². The van der Waals surface area contributed by atoms with Gasteiger partial charge in [-0.25, -0.2) is 13.6 Å². The van der Waals surface area contributed by atoms with Crippen LogP contribution in [0.5, 0.6) is 0 Å². The summed E-state index contributed by atoms with van der Waals surface area (Å²) < 4.78 is 23.4. The Hall–Kier alpha value is -1.20. The van der Waals surface area contributed by atoms with Crippen LogP contribution >= 0.6 is 0 Å². The number of amides is 1. The molecule has 0 aliphatic rings. The van der Waals surface area contributed by atoms with Crippen molar-refractivity contribution in [1.29, 1.82) is 0 Å². The zero-order chi connectivity index (χ0) is 9.72. The Kier molecular flexibility index (Phi) is 4.17. The third-order valence-electron chi connectivity index (χ3n) is 1.09. The van der Waals surface area contributed by atoms with Gasteiger partial charge in [-0.2, -0.15) is 0 Å². The predicted octanol–water partition coefficient (Wildman–Crippen LogP) is 0.231. The van der Waals surface area contributed by atoms with Crippen LogP contribution in [0.15, 0.2) is 0 Å². The summed E-state index contributed by atoms with van der Waals surface area (Å²) in [5, 5.41) is 10.2. The highest BCUT2D eigenvalue weighted by atomic mass is 19.3. The minimum absolute atomic E-state index is 0.636. The molecule has 0 saturated carbocycles. The molecule has 0 spiro atoms. The van der Waals surface area contributed by atoms with E-state index in [2.05, 4.69) is 0 Å². The van der Waals surface area contributed by atoms with E-state index in [-0.39, 0.29) is 0 Å². The molecule has 0 rings (SSSR count). The largest absolute Gasteiger partial charge is 0.480 e. The predicted molar refractivity (Wildman–Crippen MR) is 35.9 cm³/mol. The van der Waals surface area contributed by atoms with Crippen molar-refractivity contribution in [2.45, 2.75) is 25.8 Å². The number of hydrogen-bond acceptors (Lipinski definition) is 2. The van der Waals surface area contributed by atoms with Crippen LogP contribution in [0.25, 0.3) is 0 Å². The maximum atomic E-state index is 11.7. The van der Waals surface area contributed by atoms with Crippen LogP contribution in [0.3, 0.4) is 0 Å². The van der Waals surface area contributed by atoms with E-state index in [0.29, 0.717) is 0 Å². The van der Waals surface area contributed by atoms with E-state index >= 15 is 0 Å². The number of nitrogens with one attached hydrogen (secondary N) is 1. The van der Waals surface area contributed by atoms with Gasteiger partial charge in [-0.15, -0.1) is 0 Å². The summed E-state index contributed by atoms with van der Waals surface area (Å²) in [7, 11) is 0. The number of carbonyl (C=O) groups excluding carboxylic acids is 1. The molecule has 0 bridgehead atoms. The first-order valence-corrected chi connectivity index (χ1v) is 3.21. The molecule has 0 radical (unpaired) electrons. The lowest BCUT2D eigenvalue weighted by Crippen LogP contribution is -2.40. The molecule has 0 aliphatic heterocycles. The van der Waals surface area contributed by atoms with E-state index in [4.69, 9.17) is 5.11 Å². The summed E-state index contributed by atoms with van der Waals surface area (Å²) >= 11 is 0. The molecule has 4 nitrogen and oxygen atoms in total. The summed E-state index contributed by atoms with van der Waals surface area (Å²) in [6.07, 6.45) is -3.60. The Morgan fingerprint density at radius 2 is 2.00 bits per heavy atom. The third kappa shape index (κ3) is 4.59. The lowest BCUT2D eigenvalue weighted by Gasteiger charge is -2.11. The number of hydrogen-bond donors (Lipinski definition) is 2. The maximum Gasteiger partial charge on any atom is 0.326 e. The van der Waals surface area contributed by atoms with Crippen LogP contribution in [0.2, 0.25) is 0 Å². The van der Waals surface area contributed by atoms with E-state index in [9.17, 15) is 18.4 Å². The van der Waals surface area contributed by atoms with Crippen molar-refractivity contribution in [3.63, 3.8) is 0 Å². The summed E-state index contributed by atoms with van der Waals surface area (Å²) in [5.41, 5.74) is 0. The minimum Gasteiger partial charge on any atom is -0.480 e. The Morgan fingerprint density at radius 1 is 1.50 bits per heavy atom. The number of halogens is 2. The second-order valence-electron chi connectivity index (χ2n) is 2.22. The monoisotopic (exact) mass is 181 g/mol. The average molecular weight is 181 g/mol. The van der Waals surface area contributed by atoms with Gasteiger partial charge in [-0.1, -0.05) is 0 Å². The smallest absolute Gasteiger partial charge is 0.326 e. The highest BCUT2D eigenvalue weighted by Gasteiger charge is 2.22. The second kappa shape index (κ2) is 4.63. The molecule has 0 aromatic rings. The Morgan fingerprint density at radius 3 is 2.25 bits per heavy atom. The van der Waals surface area contributed by atoms with Gasteiger partial charge >= 0.3 is 5.97 Å². The lowest BCUT2D eigenvalue weighted by molar-refractivity contribution is -0.142. The molecule has 0 aromatic carbocycles. The van der Waals surface area contributed by atoms with Crippen molar-refractivity contribution in [2.75, 3.05) is 0 Å². The second-order valence-corrected chi connectivity index (χ2v) is 2.22. The number of carboxylic acid groups (broad SMARTS) is 1. The summed E-state index contributed by atoms with van der Waals surface area (Å²) in [4.78, 5) is 20.5. The van der Waals surface area contributed by atoms with Gasteiger partial charge in [-0.05, 0) is 0 Å². The topological polar surface area (TPSA) is 66.4 Å². The zero-order valence-corrected chi connectivity index (χ0v) is 6.38. The van der Waals surface area contributed by atoms with E-state index in [0.717, 1.165) is 6.92 Å². The Balaban J connectivity index is 4.04. The first kappa shape index (κ1) is 10.8. The normalized spacial score (nSPS) is 12.7. The molecule has 1 atom stereocenters. The van der Waals surface area contributed by atoms with E-state index in [1.165, 1.54) is 0 Å². The minimum atomic E-state index is -2.74. The van der Waals surface area contributed by atoms with Gasteiger partial charge in [0, 0.05) is 13.3 Å². The molecule has 0 heterocycles. The van der Waals surface area contributed by atoms with E-state index in [1.54, 1.807) is 0 Å². The molecule has 0 saturated heterocycles. The SMILES string of the molecule is CC(=O)NC(CC(F)F)C(=O)O. The highest BCUT2D eigenvalue weighted by Crippen LogP contribution is 2.03. The third-order valence-corrected chi connectivity index (χ3v) is 1.09. The lowest BCUT2D eigenvalue weighted by atomic mass is 10.2. The highest BCUT2D eigenvalue weighted by molar-refractivity contribution is 5.81. The maximum absolute atomic E-state index is 11.7. The number of alkyl halides is 2. The summed E-state index contributed by atoms with van der Waals surface area (Å²) in [6, 6.07) is -1.50. The Labute approximate surface area is 67.6 Å². The van der Waals surface area contributed by atoms with Crippen molar-refractivity contribution < 1.29 is 23.5 Å². The zero-order valence-electron chi connectivity index (χ0n) is 6.38. The molecule has 1 unspecified atom stereocenters. The molecule has 0 fully saturated rings. The molecule has 12 heavy (non-hydrogen) atoms. The van der Waals surface area contributed by atoms with E-state index < -0.39 is 30.8 Å². The fourth-order valence-electron chi connectivity index (χ4n) is 0.645. The average Bonchev–Trinajstić information content (AvgIpc) is 1.83. The molecule has 0 aliphatic carbocycles. The Bertz CT molecular complexity index is 184. The first-order chi connectivity index (χ1) is 5.43. The number of carbonyl (C=O) groups is 2. The molecule has 6 heteroatoms. The van der Waals surface area contributed by atoms with Crippen LogP contribution in [-0.4, -0.2) is 29.5 Å². The van der Waals surface area contributed by atoms with Gasteiger partial charge < -0.3 is 10.4 Å². The van der Waals surface area contributed by atoms with Gasteiger partial charge in [-0.3, -0.25) is 4.79 Å².